The van der Waals surface area contributed by atoms with E-state index in [9.17, 15) is 19.8 Å². The van der Waals surface area contributed by atoms with Gasteiger partial charge in [0.15, 0.2) is 0 Å². The van der Waals surface area contributed by atoms with E-state index in [0.717, 1.165) is 29.7 Å². The maximum Gasteiger partial charge on any atom is 0.406 e. The summed E-state index contributed by atoms with van der Waals surface area (Å²) in [6.07, 6.45) is 1.99. The van der Waals surface area contributed by atoms with Crippen LogP contribution in [0.15, 0.2) is 42.5 Å². The number of aryl methyl sites for hydroxylation is 2. The summed E-state index contributed by atoms with van der Waals surface area (Å²) in [5.74, 6) is 0.746. The average Bonchev–Trinajstić information content (AvgIpc) is 3.30. The number of piperidine rings is 1. The van der Waals surface area contributed by atoms with Crippen molar-refractivity contribution in [3.05, 3.63) is 59.2 Å². The number of ether oxygens (including phenoxy) is 2. The fourth-order valence-electron chi connectivity index (χ4n) is 6.24. The van der Waals surface area contributed by atoms with Crippen LogP contribution in [0.25, 0.3) is 0 Å². The molecule has 1 saturated heterocycles. The van der Waals surface area contributed by atoms with Crippen LogP contribution in [0, 0.1) is 25.7 Å². The van der Waals surface area contributed by atoms with E-state index in [2.05, 4.69) is 5.32 Å². The summed E-state index contributed by atoms with van der Waals surface area (Å²) < 4.78 is 11.2. The second kappa shape index (κ2) is 13.0. The van der Waals surface area contributed by atoms with Crippen molar-refractivity contribution in [2.75, 3.05) is 26.7 Å². The number of carbonyl (C=O) groups is 2. The van der Waals surface area contributed by atoms with Crippen LogP contribution in [-0.4, -0.2) is 66.0 Å². The van der Waals surface area contributed by atoms with Crippen LogP contribution >= 0.6 is 0 Å². The van der Waals surface area contributed by atoms with Gasteiger partial charge in [-0.2, -0.15) is 0 Å². The molecule has 1 unspecified atom stereocenters. The summed E-state index contributed by atoms with van der Waals surface area (Å²) >= 11 is 0. The lowest BCUT2D eigenvalue weighted by atomic mass is 9.73. The molecule has 40 heavy (non-hydrogen) atoms. The number of para-hydroxylation sites is 2. The molecule has 1 aliphatic carbocycles. The Hall–Kier alpha value is -3.14. The summed E-state index contributed by atoms with van der Waals surface area (Å²) in [5.41, 5.74) is 7.32. The molecule has 4 rings (SSSR count). The van der Waals surface area contributed by atoms with E-state index in [0.29, 0.717) is 56.6 Å². The van der Waals surface area contributed by atoms with Gasteiger partial charge in [-0.25, -0.2) is 4.79 Å². The second-order valence-corrected chi connectivity index (χ2v) is 11.3. The molecular formula is C31H43N3O6. The monoisotopic (exact) mass is 553 g/mol. The molecule has 0 radical (unpaired) electrons. The van der Waals surface area contributed by atoms with Gasteiger partial charge in [-0.15, -0.1) is 0 Å². The van der Waals surface area contributed by atoms with E-state index < -0.39 is 17.8 Å². The summed E-state index contributed by atoms with van der Waals surface area (Å²) in [6, 6.07) is 13.1. The smallest absolute Gasteiger partial charge is 0.406 e. The van der Waals surface area contributed by atoms with Gasteiger partial charge in [-0.3, -0.25) is 4.79 Å². The Bertz CT molecular complexity index is 1160. The SMILES string of the molecule is COC(=O)NCCC[C@@](O)(c1ccccc1Oc1c(C)cccc1C)C1CCCN(C(=O)[C@H]2C[C@@H](N)[C@@H](O)C2)C1. The molecule has 2 fully saturated rings. The fourth-order valence-corrected chi connectivity index (χ4v) is 6.24. The van der Waals surface area contributed by atoms with Crippen molar-refractivity contribution in [2.24, 2.45) is 17.6 Å². The standard InChI is InChI=1S/C31H43N3O6/c1-20-9-6-10-21(2)28(20)40-27-13-5-4-12-24(27)31(38,14-8-15-33-30(37)39-3)23-11-7-16-34(19-23)29(36)22-17-25(32)26(35)18-22/h4-6,9-10,12-13,22-23,25-26,35,38H,7-8,11,14-19,32H2,1-3H3,(H,33,37)/t22-,23?,25+,26-,31-/m0/s1. The number of aliphatic hydroxyl groups is 2. The highest BCUT2D eigenvalue weighted by Gasteiger charge is 2.44. The number of amides is 2. The van der Waals surface area contributed by atoms with Crippen LogP contribution in [-0.2, 0) is 15.1 Å². The van der Waals surface area contributed by atoms with E-state index >= 15 is 0 Å². The molecule has 2 aromatic carbocycles. The van der Waals surface area contributed by atoms with Crippen LogP contribution in [0.2, 0.25) is 0 Å². The minimum atomic E-state index is -1.32. The zero-order valence-corrected chi connectivity index (χ0v) is 23.8. The Morgan fingerprint density at radius 1 is 1.12 bits per heavy atom. The number of nitrogens with two attached hydrogens (primary N) is 1. The summed E-state index contributed by atoms with van der Waals surface area (Å²) in [5, 5.41) is 25.4. The number of benzene rings is 2. The van der Waals surface area contributed by atoms with E-state index in [1.165, 1.54) is 7.11 Å². The van der Waals surface area contributed by atoms with Crippen molar-refractivity contribution in [1.82, 2.24) is 10.2 Å². The summed E-state index contributed by atoms with van der Waals surface area (Å²) in [6.45, 7) is 5.32. The van der Waals surface area contributed by atoms with E-state index in [1.54, 1.807) is 0 Å². The lowest BCUT2D eigenvalue weighted by Crippen LogP contribution is -2.49. The topological polar surface area (TPSA) is 134 Å². The predicted molar refractivity (Wildman–Crippen MR) is 152 cm³/mol. The molecule has 1 heterocycles. The number of methoxy groups -OCH3 is 1. The number of aliphatic hydroxyl groups excluding tert-OH is 1. The maximum absolute atomic E-state index is 13.4. The normalized spacial score (nSPS) is 24.3. The zero-order valence-electron chi connectivity index (χ0n) is 23.8. The maximum atomic E-state index is 13.4. The highest BCUT2D eigenvalue weighted by molar-refractivity contribution is 5.79. The summed E-state index contributed by atoms with van der Waals surface area (Å²) in [7, 11) is 1.32. The highest BCUT2D eigenvalue weighted by Crippen LogP contribution is 2.45. The van der Waals surface area contributed by atoms with Crippen molar-refractivity contribution in [1.29, 1.82) is 0 Å². The second-order valence-electron chi connectivity index (χ2n) is 11.3. The number of nitrogens with one attached hydrogen (secondary N) is 1. The summed E-state index contributed by atoms with van der Waals surface area (Å²) in [4.78, 5) is 26.9. The zero-order chi connectivity index (χ0) is 28.9. The lowest BCUT2D eigenvalue weighted by Gasteiger charge is -2.44. The fraction of sp³-hybridized carbons (Fsp3) is 0.548. The minimum Gasteiger partial charge on any atom is -0.456 e. The van der Waals surface area contributed by atoms with Gasteiger partial charge >= 0.3 is 6.09 Å². The predicted octanol–water partition coefficient (Wildman–Crippen LogP) is 3.76. The Kier molecular flexibility index (Phi) is 9.71. The number of likely N-dealkylation sites (tertiary alicyclic amines) is 1. The van der Waals surface area contributed by atoms with Gasteiger partial charge in [0.2, 0.25) is 5.91 Å². The molecule has 0 aromatic heterocycles. The molecule has 2 amide bonds. The van der Waals surface area contributed by atoms with Gasteiger partial charge in [0.25, 0.3) is 0 Å². The third-order valence-electron chi connectivity index (χ3n) is 8.50. The highest BCUT2D eigenvalue weighted by atomic mass is 16.5. The molecular weight excluding hydrogens is 510 g/mol. The van der Waals surface area contributed by atoms with E-state index in [-0.39, 0.29) is 23.8 Å². The van der Waals surface area contributed by atoms with Gasteiger partial charge in [0.1, 0.15) is 11.5 Å². The first-order valence-corrected chi connectivity index (χ1v) is 14.2. The third kappa shape index (κ3) is 6.59. The van der Waals surface area contributed by atoms with Gasteiger partial charge in [0.05, 0.1) is 18.8 Å². The number of carbonyl (C=O) groups excluding carboxylic acids is 2. The Balaban J connectivity index is 1.63. The van der Waals surface area contributed by atoms with Crippen molar-refractivity contribution in [2.45, 2.75) is 70.1 Å². The van der Waals surface area contributed by atoms with E-state index in [4.69, 9.17) is 15.2 Å². The molecule has 2 aliphatic rings. The van der Waals surface area contributed by atoms with Crippen LogP contribution in [0.3, 0.4) is 0 Å². The molecule has 9 heteroatoms. The molecule has 1 aliphatic heterocycles. The lowest BCUT2D eigenvalue weighted by molar-refractivity contribution is -0.141. The number of hydrogen-bond acceptors (Lipinski definition) is 7. The molecule has 0 spiro atoms. The molecule has 0 bridgehead atoms. The number of rotatable bonds is 9. The van der Waals surface area contributed by atoms with Gasteiger partial charge in [-0.05, 0) is 69.6 Å². The van der Waals surface area contributed by atoms with Gasteiger partial charge in [0, 0.05) is 43.1 Å². The van der Waals surface area contributed by atoms with E-state index in [1.807, 2.05) is 61.2 Å². The van der Waals surface area contributed by atoms with Gasteiger partial charge in [-0.1, -0.05) is 36.4 Å². The van der Waals surface area contributed by atoms with Crippen molar-refractivity contribution >= 4 is 12.0 Å². The number of nitrogens with zero attached hydrogens (tertiary/aromatic N) is 1. The molecule has 5 N–H and O–H groups in total. The van der Waals surface area contributed by atoms with Crippen molar-refractivity contribution in [3.63, 3.8) is 0 Å². The first-order valence-electron chi connectivity index (χ1n) is 14.2. The Labute approximate surface area is 236 Å². The minimum absolute atomic E-state index is 0.00789. The van der Waals surface area contributed by atoms with Crippen LogP contribution in [0.1, 0.15) is 55.2 Å². The third-order valence-corrected chi connectivity index (χ3v) is 8.50. The largest absolute Gasteiger partial charge is 0.456 e. The molecule has 1 saturated carbocycles. The molecule has 9 nitrogen and oxygen atoms in total. The molecule has 2 aromatic rings. The van der Waals surface area contributed by atoms with Crippen molar-refractivity contribution < 1.29 is 29.3 Å². The van der Waals surface area contributed by atoms with Crippen LogP contribution in [0.4, 0.5) is 4.79 Å². The number of hydrogen-bond donors (Lipinski definition) is 4. The van der Waals surface area contributed by atoms with Crippen LogP contribution < -0.4 is 15.8 Å². The average molecular weight is 554 g/mol. The van der Waals surface area contributed by atoms with Crippen LogP contribution in [0.5, 0.6) is 11.5 Å². The van der Waals surface area contributed by atoms with Gasteiger partial charge < -0.3 is 35.6 Å². The molecule has 218 valence electrons. The molecule has 5 atom stereocenters. The Morgan fingerprint density at radius 2 is 1.85 bits per heavy atom. The Morgan fingerprint density at radius 3 is 2.52 bits per heavy atom. The quantitative estimate of drug-likeness (QED) is 0.348. The first-order chi connectivity index (χ1) is 19.1. The first kappa shape index (κ1) is 29.8. The number of alkyl carbamates (subject to hydrolysis) is 1. The van der Waals surface area contributed by atoms with Crippen molar-refractivity contribution in [3.8, 4) is 11.5 Å².